The molecule has 2 nitrogen and oxygen atoms in total. The van der Waals surface area contributed by atoms with Gasteiger partial charge >= 0.3 is 0 Å². The highest BCUT2D eigenvalue weighted by molar-refractivity contribution is 6.30. The molecule has 18 heavy (non-hydrogen) atoms. The van der Waals surface area contributed by atoms with Crippen LogP contribution in [0.4, 0.5) is 0 Å². The standard InChI is InChI=1S/C15H21ClN2/c1-11-9-17(2)15-14(16)8-13(10-18(11)15)12-6-4-3-5-7-12/h8-10,12,15H,3-7H2,1-2H3. The van der Waals surface area contributed by atoms with Crippen LogP contribution in [-0.4, -0.2) is 23.0 Å². The summed E-state index contributed by atoms with van der Waals surface area (Å²) in [6, 6.07) is 0. The van der Waals surface area contributed by atoms with E-state index < -0.39 is 0 Å². The van der Waals surface area contributed by atoms with Crippen molar-refractivity contribution >= 4 is 11.6 Å². The largest absolute Gasteiger partial charge is 0.354 e. The van der Waals surface area contributed by atoms with Crippen molar-refractivity contribution in [1.82, 2.24) is 9.80 Å². The van der Waals surface area contributed by atoms with Crippen molar-refractivity contribution in [3.05, 3.63) is 34.8 Å². The third-order valence-electron chi connectivity index (χ3n) is 4.36. The Morgan fingerprint density at radius 3 is 2.61 bits per heavy atom. The van der Waals surface area contributed by atoms with Gasteiger partial charge in [-0.05, 0) is 37.3 Å². The molecule has 1 unspecified atom stereocenters. The Kier molecular flexibility index (Phi) is 3.14. The van der Waals surface area contributed by atoms with Crippen molar-refractivity contribution in [3.63, 3.8) is 0 Å². The molecule has 0 aromatic heterocycles. The van der Waals surface area contributed by atoms with Gasteiger partial charge in [0.25, 0.3) is 0 Å². The first-order valence-electron chi connectivity index (χ1n) is 6.94. The second-order valence-electron chi connectivity index (χ2n) is 5.71. The predicted octanol–water partition coefficient (Wildman–Crippen LogP) is 4.02. The summed E-state index contributed by atoms with van der Waals surface area (Å²) in [7, 11) is 2.09. The molecule has 3 aliphatic rings. The van der Waals surface area contributed by atoms with Gasteiger partial charge in [-0.25, -0.2) is 0 Å². The zero-order valence-electron chi connectivity index (χ0n) is 11.2. The molecular formula is C15H21ClN2. The van der Waals surface area contributed by atoms with E-state index in [2.05, 4.69) is 42.2 Å². The summed E-state index contributed by atoms with van der Waals surface area (Å²) in [5.41, 5.74) is 2.71. The molecule has 0 amide bonds. The van der Waals surface area contributed by atoms with Crippen LogP contribution < -0.4 is 0 Å². The summed E-state index contributed by atoms with van der Waals surface area (Å²) in [4.78, 5) is 4.49. The Labute approximate surface area is 115 Å². The van der Waals surface area contributed by atoms with Crippen LogP contribution in [0.25, 0.3) is 0 Å². The van der Waals surface area contributed by atoms with E-state index >= 15 is 0 Å². The summed E-state index contributed by atoms with van der Waals surface area (Å²) in [5.74, 6) is 0.715. The normalized spacial score (nSPS) is 28.8. The van der Waals surface area contributed by atoms with Gasteiger partial charge in [-0.15, -0.1) is 0 Å². The van der Waals surface area contributed by atoms with E-state index in [1.807, 2.05) is 0 Å². The van der Waals surface area contributed by atoms with Crippen LogP contribution in [-0.2, 0) is 0 Å². The quantitative estimate of drug-likeness (QED) is 0.706. The van der Waals surface area contributed by atoms with E-state index in [-0.39, 0.29) is 6.17 Å². The van der Waals surface area contributed by atoms with Gasteiger partial charge in [0.15, 0.2) is 0 Å². The fourth-order valence-electron chi connectivity index (χ4n) is 3.41. The Morgan fingerprint density at radius 2 is 1.89 bits per heavy atom. The number of rotatable bonds is 1. The first kappa shape index (κ1) is 12.2. The zero-order chi connectivity index (χ0) is 12.7. The molecule has 3 heteroatoms. The van der Waals surface area contributed by atoms with Crippen LogP contribution in [0.3, 0.4) is 0 Å². The molecule has 98 valence electrons. The Balaban J connectivity index is 1.87. The number of hydrogen-bond donors (Lipinski definition) is 0. The van der Waals surface area contributed by atoms with Crippen LogP contribution in [0, 0.1) is 5.92 Å². The van der Waals surface area contributed by atoms with Gasteiger partial charge in [-0.2, -0.15) is 0 Å². The molecule has 0 aromatic carbocycles. The van der Waals surface area contributed by atoms with Crippen LogP contribution >= 0.6 is 11.6 Å². The number of nitrogens with zero attached hydrogens (tertiary/aromatic N) is 2. The monoisotopic (exact) mass is 264 g/mol. The molecule has 1 saturated carbocycles. The molecule has 1 aliphatic carbocycles. The van der Waals surface area contributed by atoms with Crippen molar-refractivity contribution in [3.8, 4) is 0 Å². The van der Waals surface area contributed by atoms with E-state index in [0.717, 1.165) is 5.03 Å². The predicted molar refractivity (Wildman–Crippen MR) is 75.7 cm³/mol. The highest BCUT2D eigenvalue weighted by Gasteiger charge is 2.33. The van der Waals surface area contributed by atoms with Gasteiger partial charge in [0.1, 0.15) is 6.17 Å². The van der Waals surface area contributed by atoms with Crippen molar-refractivity contribution in [2.75, 3.05) is 7.05 Å². The number of fused-ring (bicyclic) bond motifs is 1. The highest BCUT2D eigenvalue weighted by atomic mass is 35.5. The lowest BCUT2D eigenvalue weighted by Gasteiger charge is -2.35. The van der Waals surface area contributed by atoms with E-state index in [1.165, 1.54) is 43.4 Å². The van der Waals surface area contributed by atoms with E-state index in [9.17, 15) is 0 Å². The summed E-state index contributed by atoms with van der Waals surface area (Å²) in [6.45, 7) is 2.15. The average molecular weight is 265 g/mol. The van der Waals surface area contributed by atoms with Crippen LogP contribution in [0.15, 0.2) is 34.8 Å². The SMILES string of the molecule is CC1=CN(C)C2C(Cl)=CC(C3CCCCC3)=CN12. The first-order valence-corrected chi connectivity index (χ1v) is 7.32. The van der Waals surface area contributed by atoms with Gasteiger partial charge < -0.3 is 9.80 Å². The topological polar surface area (TPSA) is 6.48 Å². The summed E-state index contributed by atoms with van der Waals surface area (Å²) in [5, 5.41) is 0.952. The molecular weight excluding hydrogens is 244 g/mol. The van der Waals surface area contributed by atoms with Crippen LogP contribution in [0.2, 0.25) is 0 Å². The summed E-state index contributed by atoms with van der Waals surface area (Å²) in [6.07, 6.45) is 13.7. The van der Waals surface area contributed by atoms with Gasteiger partial charge in [0.05, 0.1) is 5.03 Å². The molecule has 3 rings (SSSR count). The van der Waals surface area contributed by atoms with Crippen LogP contribution in [0.5, 0.6) is 0 Å². The minimum Gasteiger partial charge on any atom is -0.354 e. The van der Waals surface area contributed by atoms with E-state index in [4.69, 9.17) is 11.6 Å². The maximum atomic E-state index is 6.50. The van der Waals surface area contributed by atoms with Crippen molar-refractivity contribution in [2.24, 2.45) is 5.92 Å². The summed E-state index contributed by atoms with van der Waals surface area (Å²) >= 11 is 6.50. The molecule has 1 fully saturated rings. The molecule has 0 aromatic rings. The first-order chi connectivity index (χ1) is 8.66. The minimum atomic E-state index is 0.194. The molecule has 0 bridgehead atoms. The molecule has 0 saturated heterocycles. The van der Waals surface area contributed by atoms with Gasteiger partial charge in [-0.1, -0.05) is 30.9 Å². The second kappa shape index (κ2) is 4.65. The summed E-state index contributed by atoms with van der Waals surface area (Å²) < 4.78 is 0. The van der Waals surface area contributed by atoms with Crippen LogP contribution in [0.1, 0.15) is 39.0 Å². The van der Waals surface area contributed by atoms with Gasteiger partial charge in [0.2, 0.25) is 0 Å². The smallest absolute Gasteiger partial charge is 0.142 e. The number of halogens is 1. The molecule has 0 radical (unpaired) electrons. The molecule has 0 N–H and O–H groups in total. The van der Waals surface area contributed by atoms with Crippen molar-refractivity contribution < 1.29 is 0 Å². The Hall–Kier alpha value is -0.890. The number of allylic oxidation sites excluding steroid dienone is 3. The molecule has 1 atom stereocenters. The third-order valence-corrected chi connectivity index (χ3v) is 4.67. The van der Waals surface area contributed by atoms with Crippen molar-refractivity contribution in [1.29, 1.82) is 0 Å². The third kappa shape index (κ3) is 1.97. The fourth-order valence-corrected chi connectivity index (χ4v) is 3.80. The average Bonchev–Trinajstić information content (AvgIpc) is 2.66. The maximum absolute atomic E-state index is 6.50. The van der Waals surface area contributed by atoms with E-state index in [0.29, 0.717) is 5.92 Å². The lowest BCUT2D eigenvalue weighted by molar-refractivity contribution is 0.256. The Morgan fingerprint density at radius 1 is 1.17 bits per heavy atom. The van der Waals surface area contributed by atoms with Gasteiger partial charge in [0, 0.05) is 25.1 Å². The Bertz CT molecular complexity index is 430. The fraction of sp³-hybridized carbons (Fsp3) is 0.600. The maximum Gasteiger partial charge on any atom is 0.142 e. The minimum absolute atomic E-state index is 0.194. The van der Waals surface area contributed by atoms with Gasteiger partial charge in [-0.3, -0.25) is 0 Å². The number of hydrogen-bond acceptors (Lipinski definition) is 2. The number of likely N-dealkylation sites (N-methyl/N-ethyl adjacent to an activating group) is 1. The molecule has 0 spiro atoms. The molecule has 2 aliphatic heterocycles. The highest BCUT2D eigenvalue weighted by Crippen LogP contribution is 2.38. The second-order valence-corrected chi connectivity index (χ2v) is 6.15. The van der Waals surface area contributed by atoms with E-state index in [1.54, 1.807) is 0 Å². The van der Waals surface area contributed by atoms with Crippen molar-refractivity contribution in [2.45, 2.75) is 45.2 Å². The lowest BCUT2D eigenvalue weighted by atomic mass is 9.83. The zero-order valence-corrected chi connectivity index (χ0v) is 12.0. The molecule has 2 heterocycles. The lowest BCUT2D eigenvalue weighted by Crippen LogP contribution is -2.37.